The molecule has 1 N–H and O–H groups in total. The van der Waals surface area contributed by atoms with Crippen molar-refractivity contribution in [3.05, 3.63) is 39.9 Å². The van der Waals surface area contributed by atoms with Crippen LogP contribution in [0.3, 0.4) is 0 Å². The number of benzene rings is 1. The molecule has 0 aromatic heterocycles. The third-order valence-electron chi connectivity index (χ3n) is 3.51. The van der Waals surface area contributed by atoms with Crippen LogP contribution in [-0.2, 0) is 16.0 Å². The Morgan fingerprint density at radius 3 is 2.52 bits per heavy atom. The summed E-state index contributed by atoms with van der Waals surface area (Å²) in [5, 5.41) is 13.6. The highest BCUT2D eigenvalue weighted by Crippen LogP contribution is 2.14. The van der Waals surface area contributed by atoms with Gasteiger partial charge in [0.2, 0.25) is 11.8 Å². The second-order valence-corrected chi connectivity index (χ2v) is 4.86. The molecule has 0 saturated carbocycles. The highest BCUT2D eigenvalue weighted by atomic mass is 16.6. The number of carbonyl (C=O) groups is 2. The van der Waals surface area contributed by atoms with Gasteiger partial charge >= 0.3 is 0 Å². The van der Waals surface area contributed by atoms with Crippen LogP contribution < -0.4 is 5.32 Å². The van der Waals surface area contributed by atoms with Crippen LogP contribution in [0.2, 0.25) is 0 Å². The van der Waals surface area contributed by atoms with Crippen molar-refractivity contribution < 1.29 is 14.5 Å². The molecule has 1 aliphatic rings. The van der Waals surface area contributed by atoms with E-state index in [2.05, 4.69) is 5.32 Å². The lowest BCUT2D eigenvalue weighted by Gasteiger charge is -2.13. The standard InChI is InChI=1S/C14H17N3O4/c1-2-16-13(18)9-12(14(16)19)15-8-7-10-3-5-11(6-4-10)17(20)21/h3-6,12,15H,2,7-9H2,1H3. The van der Waals surface area contributed by atoms with Crippen LogP contribution in [0.5, 0.6) is 0 Å². The van der Waals surface area contributed by atoms with Crippen molar-refractivity contribution in [1.82, 2.24) is 10.2 Å². The first kappa shape index (κ1) is 15.1. The molecule has 1 unspecified atom stereocenters. The summed E-state index contributed by atoms with van der Waals surface area (Å²) in [6, 6.07) is 5.85. The van der Waals surface area contributed by atoms with Gasteiger partial charge in [-0.2, -0.15) is 0 Å². The summed E-state index contributed by atoms with van der Waals surface area (Å²) in [5.74, 6) is -0.318. The molecule has 1 saturated heterocycles. The number of likely N-dealkylation sites (tertiary alicyclic amines) is 1. The molecule has 7 nitrogen and oxygen atoms in total. The molecule has 7 heteroatoms. The van der Waals surface area contributed by atoms with Crippen LogP contribution in [-0.4, -0.2) is 40.8 Å². The van der Waals surface area contributed by atoms with Crippen molar-refractivity contribution in [2.45, 2.75) is 25.8 Å². The molecule has 1 atom stereocenters. The van der Waals surface area contributed by atoms with Gasteiger partial charge in [-0.3, -0.25) is 24.6 Å². The van der Waals surface area contributed by atoms with Crippen LogP contribution in [0.4, 0.5) is 5.69 Å². The molecule has 0 aliphatic carbocycles. The third-order valence-corrected chi connectivity index (χ3v) is 3.51. The van der Waals surface area contributed by atoms with Gasteiger partial charge in [-0.25, -0.2) is 0 Å². The van der Waals surface area contributed by atoms with Crippen LogP contribution in [0.15, 0.2) is 24.3 Å². The Hall–Kier alpha value is -2.28. The molecular formula is C14H17N3O4. The van der Waals surface area contributed by atoms with Gasteiger partial charge in [0, 0.05) is 18.7 Å². The zero-order valence-electron chi connectivity index (χ0n) is 11.7. The number of hydrogen-bond donors (Lipinski definition) is 1. The maximum Gasteiger partial charge on any atom is 0.269 e. The van der Waals surface area contributed by atoms with E-state index < -0.39 is 11.0 Å². The molecular weight excluding hydrogens is 274 g/mol. The van der Waals surface area contributed by atoms with Gasteiger partial charge in [-0.05, 0) is 25.5 Å². The Morgan fingerprint density at radius 1 is 1.33 bits per heavy atom. The monoisotopic (exact) mass is 291 g/mol. The number of imide groups is 1. The average Bonchev–Trinajstić information content (AvgIpc) is 2.73. The molecule has 0 bridgehead atoms. The third kappa shape index (κ3) is 3.43. The van der Waals surface area contributed by atoms with E-state index in [-0.39, 0.29) is 23.9 Å². The van der Waals surface area contributed by atoms with Gasteiger partial charge in [-0.1, -0.05) is 12.1 Å². The summed E-state index contributed by atoms with van der Waals surface area (Å²) < 4.78 is 0. The van der Waals surface area contributed by atoms with Gasteiger partial charge in [0.1, 0.15) is 0 Å². The highest BCUT2D eigenvalue weighted by molar-refractivity contribution is 6.05. The first-order chi connectivity index (χ1) is 10.0. The van der Waals surface area contributed by atoms with Crippen molar-refractivity contribution >= 4 is 17.5 Å². The topological polar surface area (TPSA) is 92.6 Å². The fraction of sp³-hybridized carbons (Fsp3) is 0.429. The zero-order valence-corrected chi connectivity index (χ0v) is 11.7. The molecule has 0 spiro atoms. The van der Waals surface area contributed by atoms with Gasteiger partial charge in [0.25, 0.3) is 5.69 Å². The van der Waals surface area contributed by atoms with Crippen molar-refractivity contribution in [3.63, 3.8) is 0 Å². The molecule has 2 amide bonds. The minimum Gasteiger partial charge on any atom is -0.305 e. The smallest absolute Gasteiger partial charge is 0.269 e. The Labute approximate surface area is 122 Å². The Kier molecular flexibility index (Phi) is 4.64. The van der Waals surface area contributed by atoms with E-state index in [1.807, 2.05) is 0 Å². The number of hydrogen-bond acceptors (Lipinski definition) is 5. The maximum atomic E-state index is 11.9. The fourth-order valence-corrected chi connectivity index (χ4v) is 2.35. The number of nitro groups is 1. The molecule has 21 heavy (non-hydrogen) atoms. The van der Waals surface area contributed by atoms with E-state index in [4.69, 9.17) is 0 Å². The summed E-state index contributed by atoms with van der Waals surface area (Å²) in [7, 11) is 0. The Bertz CT molecular complexity index is 556. The minimum atomic E-state index is -0.449. The van der Waals surface area contributed by atoms with Gasteiger partial charge in [0.15, 0.2) is 0 Å². The number of rotatable bonds is 6. The first-order valence-electron chi connectivity index (χ1n) is 6.84. The SMILES string of the molecule is CCN1C(=O)CC(NCCc2ccc([N+](=O)[O-])cc2)C1=O. The second-order valence-electron chi connectivity index (χ2n) is 4.86. The van der Waals surface area contributed by atoms with Crippen LogP contribution in [0, 0.1) is 10.1 Å². The molecule has 112 valence electrons. The summed E-state index contributed by atoms with van der Waals surface area (Å²) in [6.07, 6.45) is 0.842. The van der Waals surface area contributed by atoms with Crippen LogP contribution >= 0.6 is 0 Å². The van der Waals surface area contributed by atoms with E-state index in [9.17, 15) is 19.7 Å². The van der Waals surface area contributed by atoms with E-state index >= 15 is 0 Å². The molecule has 1 aliphatic heterocycles. The number of non-ortho nitro benzene ring substituents is 1. The van der Waals surface area contributed by atoms with Crippen molar-refractivity contribution in [2.75, 3.05) is 13.1 Å². The molecule has 1 heterocycles. The normalized spacial score (nSPS) is 18.3. The summed E-state index contributed by atoms with van der Waals surface area (Å²) in [5.41, 5.74) is 0.999. The second kappa shape index (κ2) is 6.45. The summed E-state index contributed by atoms with van der Waals surface area (Å²) in [4.78, 5) is 34.8. The number of nitrogens with zero attached hydrogens (tertiary/aromatic N) is 2. The molecule has 1 aromatic rings. The number of nitro benzene ring substituents is 1. The average molecular weight is 291 g/mol. The van der Waals surface area contributed by atoms with Crippen LogP contribution in [0.1, 0.15) is 18.9 Å². The van der Waals surface area contributed by atoms with Crippen molar-refractivity contribution in [1.29, 1.82) is 0 Å². The zero-order chi connectivity index (χ0) is 15.4. The minimum absolute atomic E-state index is 0.0573. The van der Waals surface area contributed by atoms with Gasteiger partial charge < -0.3 is 5.32 Å². The van der Waals surface area contributed by atoms with Gasteiger partial charge in [-0.15, -0.1) is 0 Å². The number of nitrogens with one attached hydrogen (secondary N) is 1. The molecule has 0 radical (unpaired) electrons. The lowest BCUT2D eigenvalue weighted by molar-refractivity contribution is -0.384. The molecule has 2 rings (SSSR count). The lowest BCUT2D eigenvalue weighted by Crippen LogP contribution is -2.39. The molecule has 1 fully saturated rings. The Morgan fingerprint density at radius 2 is 2.00 bits per heavy atom. The first-order valence-corrected chi connectivity index (χ1v) is 6.84. The van der Waals surface area contributed by atoms with Gasteiger partial charge in [0.05, 0.1) is 17.4 Å². The predicted molar refractivity (Wildman–Crippen MR) is 75.6 cm³/mol. The number of carbonyl (C=O) groups excluding carboxylic acids is 2. The maximum absolute atomic E-state index is 11.9. The van der Waals surface area contributed by atoms with Crippen molar-refractivity contribution in [3.8, 4) is 0 Å². The fourth-order valence-electron chi connectivity index (χ4n) is 2.35. The predicted octanol–water partition coefficient (Wildman–Crippen LogP) is 0.874. The van der Waals surface area contributed by atoms with Crippen LogP contribution in [0.25, 0.3) is 0 Å². The summed E-state index contributed by atoms with van der Waals surface area (Å²) >= 11 is 0. The summed E-state index contributed by atoms with van der Waals surface area (Å²) in [6.45, 7) is 2.71. The van der Waals surface area contributed by atoms with E-state index in [0.717, 1.165) is 5.56 Å². The van der Waals surface area contributed by atoms with E-state index in [0.29, 0.717) is 19.5 Å². The lowest BCUT2D eigenvalue weighted by atomic mass is 10.1. The molecule has 1 aromatic carbocycles. The van der Waals surface area contributed by atoms with E-state index in [1.54, 1.807) is 19.1 Å². The van der Waals surface area contributed by atoms with Crippen molar-refractivity contribution in [2.24, 2.45) is 0 Å². The largest absolute Gasteiger partial charge is 0.305 e. The van der Waals surface area contributed by atoms with E-state index in [1.165, 1.54) is 17.0 Å². The number of amides is 2. The Balaban J connectivity index is 1.83. The quantitative estimate of drug-likeness (QED) is 0.477. The highest BCUT2D eigenvalue weighted by Gasteiger charge is 2.36. The number of likely N-dealkylation sites (N-methyl/N-ethyl adjacent to an activating group) is 1.